The summed E-state index contributed by atoms with van der Waals surface area (Å²) in [5.74, 6) is 0.657. The van der Waals surface area contributed by atoms with Gasteiger partial charge in [-0.2, -0.15) is 0 Å². The van der Waals surface area contributed by atoms with Gasteiger partial charge in [0.25, 0.3) is 0 Å². The van der Waals surface area contributed by atoms with E-state index in [2.05, 4.69) is 5.32 Å². The van der Waals surface area contributed by atoms with Crippen LogP contribution < -0.4 is 10.1 Å². The Morgan fingerprint density at radius 3 is 2.76 bits per heavy atom. The molecule has 0 aromatic heterocycles. The predicted octanol–water partition coefficient (Wildman–Crippen LogP) is 2.37. The van der Waals surface area contributed by atoms with Gasteiger partial charge in [0.1, 0.15) is 5.75 Å². The van der Waals surface area contributed by atoms with Gasteiger partial charge in [0, 0.05) is 12.2 Å². The van der Waals surface area contributed by atoms with Gasteiger partial charge in [-0.05, 0) is 37.6 Å². The standard InChI is InChI=1S/C13H19NO3/c1-4-17-13(15)7-8-14-12-6-5-11(16-3)9-10(12)2/h5-6,9,14H,4,7-8H2,1-3H3. The van der Waals surface area contributed by atoms with Crippen LogP contribution in [-0.4, -0.2) is 26.2 Å². The Morgan fingerprint density at radius 2 is 2.18 bits per heavy atom. The molecule has 0 fully saturated rings. The molecule has 1 N–H and O–H groups in total. The van der Waals surface area contributed by atoms with E-state index in [-0.39, 0.29) is 5.97 Å². The number of hydrogen-bond donors (Lipinski definition) is 1. The molecule has 0 heterocycles. The van der Waals surface area contributed by atoms with Crippen molar-refractivity contribution >= 4 is 11.7 Å². The normalized spacial score (nSPS) is 9.82. The second-order valence-corrected chi connectivity index (χ2v) is 3.66. The Hall–Kier alpha value is -1.71. The lowest BCUT2D eigenvalue weighted by Gasteiger charge is -2.10. The molecule has 0 bridgehead atoms. The number of anilines is 1. The number of esters is 1. The Labute approximate surface area is 102 Å². The van der Waals surface area contributed by atoms with Crippen LogP contribution in [0.25, 0.3) is 0 Å². The largest absolute Gasteiger partial charge is 0.497 e. The van der Waals surface area contributed by atoms with Gasteiger partial charge in [0.15, 0.2) is 0 Å². The zero-order valence-corrected chi connectivity index (χ0v) is 10.6. The summed E-state index contributed by atoms with van der Waals surface area (Å²) in [6.45, 7) is 4.81. The molecule has 1 aromatic rings. The first-order valence-corrected chi connectivity index (χ1v) is 5.71. The summed E-state index contributed by atoms with van der Waals surface area (Å²) in [6.07, 6.45) is 0.374. The van der Waals surface area contributed by atoms with Crippen molar-refractivity contribution in [3.8, 4) is 5.75 Å². The highest BCUT2D eigenvalue weighted by Crippen LogP contribution is 2.20. The molecule has 94 valence electrons. The SMILES string of the molecule is CCOC(=O)CCNc1ccc(OC)cc1C. The minimum atomic E-state index is -0.175. The number of ether oxygens (including phenoxy) is 2. The topological polar surface area (TPSA) is 47.6 Å². The average Bonchev–Trinajstić information content (AvgIpc) is 2.31. The smallest absolute Gasteiger partial charge is 0.307 e. The first kappa shape index (κ1) is 13.4. The average molecular weight is 237 g/mol. The fraction of sp³-hybridized carbons (Fsp3) is 0.462. The van der Waals surface area contributed by atoms with Gasteiger partial charge in [-0.15, -0.1) is 0 Å². The van der Waals surface area contributed by atoms with E-state index in [1.165, 1.54) is 0 Å². The third kappa shape index (κ3) is 4.34. The molecule has 1 rings (SSSR count). The minimum Gasteiger partial charge on any atom is -0.497 e. The van der Waals surface area contributed by atoms with E-state index in [1.807, 2.05) is 25.1 Å². The summed E-state index contributed by atoms with van der Waals surface area (Å²) in [4.78, 5) is 11.1. The van der Waals surface area contributed by atoms with Gasteiger partial charge in [0.2, 0.25) is 0 Å². The third-order valence-corrected chi connectivity index (χ3v) is 2.38. The first-order valence-electron chi connectivity index (χ1n) is 5.71. The number of aryl methyl sites for hydroxylation is 1. The number of methoxy groups -OCH3 is 1. The van der Waals surface area contributed by atoms with Crippen LogP contribution in [0.15, 0.2) is 18.2 Å². The maximum absolute atomic E-state index is 11.1. The second-order valence-electron chi connectivity index (χ2n) is 3.66. The Morgan fingerprint density at radius 1 is 1.41 bits per heavy atom. The van der Waals surface area contributed by atoms with Crippen LogP contribution in [0.4, 0.5) is 5.69 Å². The molecule has 4 nitrogen and oxygen atoms in total. The molecule has 0 aliphatic rings. The van der Waals surface area contributed by atoms with Crippen LogP contribution in [0.5, 0.6) is 5.75 Å². The highest BCUT2D eigenvalue weighted by atomic mass is 16.5. The predicted molar refractivity (Wildman–Crippen MR) is 67.5 cm³/mol. The van der Waals surface area contributed by atoms with E-state index in [0.717, 1.165) is 17.0 Å². The van der Waals surface area contributed by atoms with Crippen molar-refractivity contribution in [2.24, 2.45) is 0 Å². The van der Waals surface area contributed by atoms with Gasteiger partial charge < -0.3 is 14.8 Å². The summed E-state index contributed by atoms with van der Waals surface area (Å²) >= 11 is 0. The van der Waals surface area contributed by atoms with Crippen molar-refractivity contribution in [3.63, 3.8) is 0 Å². The van der Waals surface area contributed by atoms with Crippen LogP contribution in [0.2, 0.25) is 0 Å². The summed E-state index contributed by atoms with van der Waals surface area (Å²) in [5, 5.41) is 3.20. The molecule has 1 aromatic carbocycles. The molecule has 0 saturated carbocycles. The highest BCUT2D eigenvalue weighted by molar-refractivity contribution is 5.70. The van der Waals surface area contributed by atoms with Crippen LogP contribution in [-0.2, 0) is 9.53 Å². The zero-order chi connectivity index (χ0) is 12.7. The van der Waals surface area contributed by atoms with E-state index in [1.54, 1.807) is 14.0 Å². The van der Waals surface area contributed by atoms with Crippen LogP contribution in [0.3, 0.4) is 0 Å². The van der Waals surface area contributed by atoms with Gasteiger partial charge in [-0.1, -0.05) is 0 Å². The van der Waals surface area contributed by atoms with Gasteiger partial charge in [0.05, 0.1) is 20.1 Å². The lowest BCUT2D eigenvalue weighted by Crippen LogP contribution is -2.11. The van der Waals surface area contributed by atoms with Crippen molar-refractivity contribution in [2.45, 2.75) is 20.3 Å². The third-order valence-electron chi connectivity index (χ3n) is 2.38. The molecule has 0 unspecified atom stereocenters. The van der Waals surface area contributed by atoms with Gasteiger partial charge in [-0.3, -0.25) is 4.79 Å². The molecular weight excluding hydrogens is 218 g/mol. The zero-order valence-electron chi connectivity index (χ0n) is 10.6. The van der Waals surface area contributed by atoms with Crippen LogP contribution >= 0.6 is 0 Å². The van der Waals surface area contributed by atoms with E-state index in [4.69, 9.17) is 9.47 Å². The maximum Gasteiger partial charge on any atom is 0.307 e. The molecule has 4 heteroatoms. The van der Waals surface area contributed by atoms with E-state index >= 15 is 0 Å². The molecule has 0 atom stereocenters. The number of rotatable bonds is 6. The van der Waals surface area contributed by atoms with Crippen LogP contribution in [0.1, 0.15) is 18.9 Å². The van der Waals surface area contributed by atoms with E-state index in [0.29, 0.717) is 19.6 Å². The quantitative estimate of drug-likeness (QED) is 0.772. The van der Waals surface area contributed by atoms with Crippen molar-refractivity contribution in [1.82, 2.24) is 0 Å². The molecule has 0 aliphatic carbocycles. The minimum absolute atomic E-state index is 0.175. The maximum atomic E-state index is 11.1. The lowest BCUT2D eigenvalue weighted by atomic mass is 10.2. The number of nitrogens with one attached hydrogen (secondary N) is 1. The summed E-state index contributed by atoms with van der Waals surface area (Å²) in [5.41, 5.74) is 2.10. The fourth-order valence-corrected chi connectivity index (χ4v) is 1.49. The van der Waals surface area contributed by atoms with E-state index in [9.17, 15) is 4.79 Å². The summed E-state index contributed by atoms with van der Waals surface area (Å²) < 4.78 is 9.97. The number of carbonyl (C=O) groups excluding carboxylic acids is 1. The monoisotopic (exact) mass is 237 g/mol. The van der Waals surface area contributed by atoms with Crippen molar-refractivity contribution in [2.75, 3.05) is 25.6 Å². The first-order chi connectivity index (χ1) is 8.17. The van der Waals surface area contributed by atoms with E-state index < -0.39 is 0 Å². The Balaban J connectivity index is 2.44. The number of benzene rings is 1. The summed E-state index contributed by atoms with van der Waals surface area (Å²) in [7, 11) is 1.64. The van der Waals surface area contributed by atoms with Crippen molar-refractivity contribution < 1.29 is 14.3 Å². The fourth-order valence-electron chi connectivity index (χ4n) is 1.49. The Bertz CT molecular complexity index is 377. The Kier molecular flexibility index (Phi) is 5.33. The van der Waals surface area contributed by atoms with Crippen molar-refractivity contribution in [3.05, 3.63) is 23.8 Å². The van der Waals surface area contributed by atoms with Gasteiger partial charge in [-0.25, -0.2) is 0 Å². The molecule has 0 amide bonds. The lowest BCUT2D eigenvalue weighted by molar-refractivity contribution is -0.142. The molecular formula is C13H19NO3. The molecule has 0 aliphatic heterocycles. The number of carbonyl (C=O) groups is 1. The molecule has 17 heavy (non-hydrogen) atoms. The molecule has 0 saturated heterocycles. The second kappa shape index (κ2) is 6.78. The molecule has 0 radical (unpaired) electrons. The highest BCUT2D eigenvalue weighted by Gasteiger charge is 2.03. The number of hydrogen-bond acceptors (Lipinski definition) is 4. The van der Waals surface area contributed by atoms with Gasteiger partial charge >= 0.3 is 5.97 Å². The molecule has 0 spiro atoms. The van der Waals surface area contributed by atoms with Crippen molar-refractivity contribution in [1.29, 1.82) is 0 Å². The summed E-state index contributed by atoms with van der Waals surface area (Å²) in [6, 6.07) is 5.78. The van der Waals surface area contributed by atoms with Crippen LogP contribution in [0, 0.1) is 6.92 Å².